The number of thiophene rings is 1. The van der Waals surface area contributed by atoms with Gasteiger partial charge in [-0.3, -0.25) is 0 Å². The van der Waals surface area contributed by atoms with Crippen molar-refractivity contribution in [1.82, 2.24) is 19.5 Å². The van der Waals surface area contributed by atoms with E-state index in [4.69, 9.17) is 19.4 Å². The van der Waals surface area contributed by atoms with E-state index >= 15 is 0 Å². The molecule has 0 fully saturated rings. The molecule has 51 heavy (non-hydrogen) atoms. The number of fused-ring (bicyclic) bond motifs is 9. The molecule has 0 aliphatic carbocycles. The second-order valence-corrected chi connectivity index (χ2v) is 13.8. The van der Waals surface area contributed by atoms with E-state index in [0.717, 1.165) is 60.0 Å². The topological polar surface area (TPSA) is 56.7 Å². The Bertz CT molecular complexity index is 3100. The highest BCUT2D eigenvalue weighted by Gasteiger charge is 2.23. The van der Waals surface area contributed by atoms with Gasteiger partial charge in [-0.1, -0.05) is 115 Å². The highest BCUT2D eigenvalue weighted by Crippen LogP contribution is 2.43. The summed E-state index contributed by atoms with van der Waals surface area (Å²) in [7, 11) is 0. The summed E-state index contributed by atoms with van der Waals surface area (Å²) in [5.74, 6) is 1.87. The number of para-hydroxylation sites is 3. The summed E-state index contributed by atoms with van der Waals surface area (Å²) in [6.07, 6.45) is 0. The molecule has 4 heterocycles. The summed E-state index contributed by atoms with van der Waals surface area (Å²) >= 11 is 1.78. The van der Waals surface area contributed by atoms with E-state index in [9.17, 15) is 0 Å². The van der Waals surface area contributed by atoms with Crippen LogP contribution in [0, 0.1) is 0 Å². The van der Waals surface area contributed by atoms with Crippen molar-refractivity contribution in [3.05, 3.63) is 158 Å². The minimum atomic E-state index is 0.599. The van der Waals surface area contributed by atoms with Gasteiger partial charge in [-0.15, -0.1) is 11.3 Å². The lowest BCUT2D eigenvalue weighted by atomic mass is 10.0. The van der Waals surface area contributed by atoms with Gasteiger partial charge in [0, 0.05) is 58.4 Å². The fraction of sp³-hybridized carbons (Fsp3) is 0. The standard InChI is InChI=1S/C45H26N4OS/c1-2-13-27(14-3-1)43-46-44(48-45(47-43)34-20-12-19-31-30-17-7-11-24-39(30)51-42(31)34)33-25-26-37(41-40(33)32-18-6-10-23-38(32)50-41)49-35-21-8-4-15-28(35)29-16-5-9-22-36(29)49/h1-26H. The summed E-state index contributed by atoms with van der Waals surface area (Å²) in [6, 6.07) is 54.8. The fourth-order valence-electron chi connectivity index (χ4n) is 7.62. The first-order valence-corrected chi connectivity index (χ1v) is 17.8. The first kappa shape index (κ1) is 28.2. The third-order valence-electron chi connectivity index (χ3n) is 9.88. The van der Waals surface area contributed by atoms with E-state index in [1.54, 1.807) is 11.3 Å². The number of hydrogen-bond acceptors (Lipinski definition) is 5. The van der Waals surface area contributed by atoms with Crippen molar-refractivity contribution in [3.8, 4) is 39.9 Å². The molecule has 7 aromatic carbocycles. The molecule has 0 spiro atoms. The van der Waals surface area contributed by atoms with E-state index < -0.39 is 0 Å². The maximum absolute atomic E-state index is 6.80. The first-order chi connectivity index (χ1) is 25.3. The maximum Gasteiger partial charge on any atom is 0.165 e. The maximum atomic E-state index is 6.80. The number of aromatic nitrogens is 4. The quantitative estimate of drug-likeness (QED) is 0.187. The monoisotopic (exact) mass is 670 g/mol. The van der Waals surface area contributed by atoms with Gasteiger partial charge in [0.25, 0.3) is 0 Å². The highest BCUT2D eigenvalue weighted by atomic mass is 32.1. The zero-order valence-corrected chi connectivity index (χ0v) is 27.9. The van der Waals surface area contributed by atoms with Crippen LogP contribution in [0.25, 0.3) is 104 Å². The third-order valence-corrected chi connectivity index (χ3v) is 11.1. The minimum Gasteiger partial charge on any atom is -0.454 e. The molecule has 11 rings (SSSR count). The van der Waals surface area contributed by atoms with Crippen LogP contribution in [0.3, 0.4) is 0 Å². The van der Waals surface area contributed by atoms with Crippen LogP contribution in [0.5, 0.6) is 0 Å². The first-order valence-electron chi connectivity index (χ1n) is 17.0. The Labute approximate surface area is 295 Å². The molecule has 238 valence electrons. The molecule has 0 saturated heterocycles. The SMILES string of the molecule is c1ccc(-c2nc(-c3cccc4c3sc3ccccc34)nc(-c3ccc(-n4c5ccccc5c5ccccc54)c4oc5ccccc5c34)n2)cc1. The van der Waals surface area contributed by atoms with Gasteiger partial charge >= 0.3 is 0 Å². The van der Waals surface area contributed by atoms with E-state index in [1.165, 1.54) is 26.2 Å². The van der Waals surface area contributed by atoms with Crippen LogP contribution in [0.1, 0.15) is 0 Å². The number of nitrogens with zero attached hydrogens (tertiary/aromatic N) is 4. The number of rotatable bonds is 4. The molecular weight excluding hydrogens is 645 g/mol. The summed E-state index contributed by atoms with van der Waals surface area (Å²) in [5, 5.41) is 6.83. The highest BCUT2D eigenvalue weighted by molar-refractivity contribution is 7.26. The van der Waals surface area contributed by atoms with Gasteiger partial charge < -0.3 is 8.98 Å². The molecule has 0 unspecified atom stereocenters. The Morgan fingerprint density at radius 2 is 1.06 bits per heavy atom. The van der Waals surface area contributed by atoms with E-state index in [1.807, 2.05) is 30.3 Å². The predicted molar refractivity (Wildman–Crippen MR) is 211 cm³/mol. The molecule has 0 radical (unpaired) electrons. The van der Waals surface area contributed by atoms with Gasteiger partial charge in [-0.05, 0) is 42.5 Å². The van der Waals surface area contributed by atoms with Gasteiger partial charge in [0.2, 0.25) is 0 Å². The van der Waals surface area contributed by atoms with Gasteiger partial charge in [-0.25, -0.2) is 15.0 Å². The summed E-state index contributed by atoms with van der Waals surface area (Å²) in [6.45, 7) is 0. The molecule has 0 saturated carbocycles. The number of furan rings is 1. The molecular formula is C45H26N4OS. The Kier molecular flexibility index (Phi) is 6.05. The third kappa shape index (κ3) is 4.24. The van der Waals surface area contributed by atoms with E-state index in [2.05, 4.69) is 132 Å². The summed E-state index contributed by atoms with van der Waals surface area (Å²) < 4.78 is 11.5. The zero-order chi connectivity index (χ0) is 33.5. The van der Waals surface area contributed by atoms with Crippen molar-refractivity contribution in [2.45, 2.75) is 0 Å². The zero-order valence-electron chi connectivity index (χ0n) is 27.1. The van der Waals surface area contributed by atoms with Crippen molar-refractivity contribution in [1.29, 1.82) is 0 Å². The van der Waals surface area contributed by atoms with Gasteiger partial charge in [0.15, 0.2) is 23.1 Å². The minimum absolute atomic E-state index is 0.599. The van der Waals surface area contributed by atoms with Crippen LogP contribution in [-0.2, 0) is 0 Å². The smallest absolute Gasteiger partial charge is 0.165 e. The van der Waals surface area contributed by atoms with Gasteiger partial charge in [0.05, 0.1) is 16.7 Å². The van der Waals surface area contributed by atoms with Crippen LogP contribution < -0.4 is 0 Å². The largest absolute Gasteiger partial charge is 0.454 e. The molecule has 0 bridgehead atoms. The Morgan fingerprint density at radius 1 is 0.451 bits per heavy atom. The average Bonchev–Trinajstić information content (AvgIpc) is 3.88. The number of hydrogen-bond donors (Lipinski definition) is 0. The van der Waals surface area contributed by atoms with Crippen LogP contribution >= 0.6 is 11.3 Å². The molecule has 0 N–H and O–H groups in total. The molecule has 6 heteroatoms. The summed E-state index contributed by atoms with van der Waals surface area (Å²) in [4.78, 5) is 15.6. The molecule has 0 aliphatic rings. The molecule has 5 nitrogen and oxygen atoms in total. The average molecular weight is 671 g/mol. The second-order valence-electron chi connectivity index (χ2n) is 12.8. The second kappa shape index (κ2) is 10.9. The van der Waals surface area contributed by atoms with Crippen LogP contribution in [0.15, 0.2) is 162 Å². The van der Waals surface area contributed by atoms with Crippen LogP contribution in [0.2, 0.25) is 0 Å². The number of benzene rings is 7. The molecule has 0 atom stereocenters. The van der Waals surface area contributed by atoms with Crippen molar-refractivity contribution in [2.75, 3.05) is 0 Å². The van der Waals surface area contributed by atoms with Crippen molar-refractivity contribution in [2.24, 2.45) is 0 Å². The van der Waals surface area contributed by atoms with Gasteiger partial charge in [0.1, 0.15) is 5.58 Å². The van der Waals surface area contributed by atoms with Crippen LogP contribution in [-0.4, -0.2) is 19.5 Å². The van der Waals surface area contributed by atoms with E-state index in [-0.39, 0.29) is 0 Å². The van der Waals surface area contributed by atoms with Crippen molar-refractivity contribution in [3.63, 3.8) is 0 Å². The lowest BCUT2D eigenvalue weighted by Crippen LogP contribution is -2.01. The lowest BCUT2D eigenvalue weighted by molar-refractivity contribution is 0.666. The Morgan fingerprint density at radius 3 is 1.84 bits per heavy atom. The summed E-state index contributed by atoms with van der Waals surface area (Å²) in [5.41, 5.74) is 7.63. The lowest BCUT2D eigenvalue weighted by Gasteiger charge is -2.12. The van der Waals surface area contributed by atoms with Gasteiger partial charge in [-0.2, -0.15) is 0 Å². The van der Waals surface area contributed by atoms with Crippen LogP contribution in [0.4, 0.5) is 0 Å². The molecule has 0 aliphatic heterocycles. The normalized spacial score (nSPS) is 11.9. The predicted octanol–water partition coefficient (Wildman–Crippen LogP) is 12.2. The molecule has 0 amide bonds. The molecule has 4 aromatic heterocycles. The fourth-order valence-corrected chi connectivity index (χ4v) is 8.83. The van der Waals surface area contributed by atoms with Crippen molar-refractivity contribution >= 4 is 75.3 Å². The van der Waals surface area contributed by atoms with E-state index in [0.29, 0.717) is 17.5 Å². The molecule has 11 aromatic rings. The van der Waals surface area contributed by atoms with Crippen molar-refractivity contribution < 1.29 is 4.42 Å². The Balaban J connectivity index is 1.22. The Hall–Kier alpha value is -6.63.